The summed E-state index contributed by atoms with van der Waals surface area (Å²) < 4.78 is 10.5. The number of benzene rings is 1. The lowest BCUT2D eigenvalue weighted by molar-refractivity contribution is 0.0657. The molecule has 0 atom stereocenters. The molecule has 138 valence electrons. The Balaban J connectivity index is 1.53. The van der Waals surface area contributed by atoms with Crippen molar-refractivity contribution in [3.63, 3.8) is 0 Å². The van der Waals surface area contributed by atoms with Crippen molar-refractivity contribution < 1.29 is 13.9 Å². The summed E-state index contributed by atoms with van der Waals surface area (Å²) >= 11 is 0. The van der Waals surface area contributed by atoms with E-state index in [4.69, 9.17) is 9.15 Å². The number of aliphatic imine (C=N–C) groups is 1. The highest BCUT2D eigenvalue weighted by atomic mass is 16.5. The molecule has 7 heteroatoms. The van der Waals surface area contributed by atoms with Gasteiger partial charge in [-0.25, -0.2) is 0 Å². The Morgan fingerprint density at radius 3 is 2.62 bits per heavy atom. The molecule has 0 saturated carbocycles. The topological polar surface area (TPSA) is 70.3 Å². The van der Waals surface area contributed by atoms with Crippen molar-refractivity contribution in [1.82, 2.24) is 15.1 Å². The number of ether oxygens (including phenoxy) is 1. The fraction of sp³-hybridized carbons (Fsp3) is 0.368. The summed E-state index contributed by atoms with van der Waals surface area (Å²) in [5, 5.41) is 3.38. The standard InChI is InChI=1S/C19H24N4O3/c1-20-19(21-14-15-5-3-6-16(13-15)25-2)23-10-8-22(9-11-23)18(24)17-7-4-12-26-17/h3-7,12-13H,8-11,14H2,1-2H3,(H,20,21). The van der Waals surface area contributed by atoms with Gasteiger partial charge in [0, 0.05) is 39.8 Å². The lowest BCUT2D eigenvalue weighted by atomic mass is 10.2. The normalized spacial score (nSPS) is 15.1. The molecule has 1 aliphatic heterocycles. The molecule has 1 aromatic heterocycles. The number of carbonyl (C=O) groups excluding carboxylic acids is 1. The van der Waals surface area contributed by atoms with Crippen LogP contribution in [0.1, 0.15) is 16.1 Å². The molecular weight excluding hydrogens is 332 g/mol. The van der Waals surface area contributed by atoms with Gasteiger partial charge in [0.2, 0.25) is 0 Å². The lowest BCUT2D eigenvalue weighted by Crippen LogP contribution is -2.53. The Morgan fingerprint density at radius 1 is 1.19 bits per heavy atom. The summed E-state index contributed by atoms with van der Waals surface area (Å²) in [5.41, 5.74) is 1.12. The van der Waals surface area contributed by atoms with E-state index in [9.17, 15) is 4.79 Å². The summed E-state index contributed by atoms with van der Waals surface area (Å²) in [6.07, 6.45) is 1.52. The van der Waals surface area contributed by atoms with Crippen LogP contribution < -0.4 is 10.1 Å². The van der Waals surface area contributed by atoms with Crippen molar-refractivity contribution in [2.75, 3.05) is 40.3 Å². The molecule has 0 radical (unpaired) electrons. The predicted octanol–water partition coefficient (Wildman–Crippen LogP) is 1.82. The molecular formula is C19H24N4O3. The van der Waals surface area contributed by atoms with E-state index < -0.39 is 0 Å². The Labute approximate surface area is 153 Å². The Hall–Kier alpha value is -2.96. The molecule has 3 rings (SSSR count). The molecule has 1 saturated heterocycles. The van der Waals surface area contributed by atoms with Crippen LogP contribution in [-0.2, 0) is 6.54 Å². The minimum atomic E-state index is -0.0611. The summed E-state index contributed by atoms with van der Waals surface area (Å²) in [4.78, 5) is 20.7. The molecule has 2 heterocycles. The van der Waals surface area contributed by atoms with E-state index in [0.717, 1.165) is 30.4 Å². The second-order valence-electron chi connectivity index (χ2n) is 6.01. The monoisotopic (exact) mass is 356 g/mol. The van der Waals surface area contributed by atoms with Crippen molar-refractivity contribution >= 4 is 11.9 Å². The molecule has 1 fully saturated rings. The van der Waals surface area contributed by atoms with Crippen molar-refractivity contribution in [3.05, 3.63) is 54.0 Å². The fourth-order valence-corrected chi connectivity index (χ4v) is 2.97. The molecule has 1 aliphatic rings. The molecule has 1 amide bonds. The van der Waals surface area contributed by atoms with Gasteiger partial charge in [-0.2, -0.15) is 0 Å². The van der Waals surface area contributed by atoms with Gasteiger partial charge in [0.05, 0.1) is 13.4 Å². The highest BCUT2D eigenvalue weighted by Gasteiger charge is 2.25. The first kappa shape index (κ1) is 17.8. The minimum Gasteiger partial charge on any atom is -0.497 e. The Bertz CT molecular complexity index is 750. The van der Waals surface area contributed by atoms with Crippen LogP contribution in [0.15, 0.2) is 52.1 Å². The number of hydrogen-bond donors (Lipinski definition) is 1. The van der Waals surface area contributed by atoms with Gasteiger partial charge >= 0.3 is 0 Å². The first-order valence-electron chi connectivity index (χ1n) is 8.62. The number of nitrogens with one attached hydrogen (secondary N) is 1. The van der Waals surface area contributed by atoms with Gasteiger partial charge in [0.15, 0.2) is 11.7 Å². The largest absolute Gasteiger partial charge is 0.497 e. The number of piperazine rings is 1. The summed E-state index contributed by atoms with van der Waals surface area (Å²) in [6, 6.07) is 11.4. The molecule has 1 N–H and O–H groups in total. The predicted molar refractivity (Wildman–Crippen MR) is 99.4 cm³/mol. The van der Waals surface area contributed by atoms with Gasteiger partial charge in [-0.15, -0.1) is 0 Å². The molecule has 0 unspecified atom stereocenters. The SMILES string of the molecule is CN=C(NCc1cccc(OC)c1)N1CCN(C(=O)c2ccco2)CC1. The molecule has 1 aromatic carbocycles. The summed E-state index contributed by atoms with van der Waals surface area (Å²) in [5.74, 6) is 2.00. The van der Waals surface area contributed by atoms with Gasteiger partial charge in [0.25, 0.3) is 5.91 Å². The summed E-state index contributed by atoms with van der Waals surface area (Å²) in [7, 11) is 3.43. The third-order valence-electron chi connectivity index (χ3n) is 4.39. The number of guanidine groups is 1. The van der Waals surface area contributed by atoms with Gasteiger partial charge in [-0.05, 0) is 29.8 Å². The third-order valence-corrected chi connectivity index (χ3v) is 4.39. The Kier molecular flexibility index (Phi) is 5.78. The number of nitrogens with zero attached hydrogens (tertiary/aromatic N) is 3. The van der Waals surface area contributed by atoms with Crippen LogP contribution in [0.2, 0.25) is 0 Å². The molecule has 7 nitrogen and oxygen atoms in total. The highest BCUT2D eigenvalue weighted by Crippen LogP contribution is 2.13. The minimum absolute atomic E-state index is 0.0611. The maximum absolute atomic E-state index is 12.3. The number of furan rings is 1. The molecule has 0 bridgehead atoms. The second kappa shape index (κ2) is 8.42. The van der Waals surface area contributed by atoms with Crippen LogP contribution in [0.3, 0.4) is 0 Å². The zero-order valence-corrected chi connectivity index (χ0v) is 15.1. The van der Waals surface area contributed by atoms with Crippen LogP contribution >= 0.6 is 0 Å². The molecule has 26 heavy (non-hydrogen) atoms. The zero-order chi connectivity index (χ0) is 18.4. The molecule has 0 aliphatic carbocycles. The van der Waals surface area contributed by atoms with Gasteiger partial charge in [0.1, 0.15) is 5.75 Å². The van der Waals surface area contributed by atoms with E-state index in [-0.39, 0.29) is 5.91 Å². The van der Waals surface area contributed by atoms with Gasteiger partial charge in [-0.3, -0.25) is 9.79 Å². The van der Waals surface area contributed by atoms with E-state index in [0.29, 0.717) is 25.4 Å². The number of methoxy groups -OCH3 is 1. The second-order valence-corrected chi connectivity index (χ2v) is 6.01. The summed E-state index contributed by atoms with van der Waals surface area (Å²) in [6.45, 7) is 3.39. The number of hydrogen-bond acceptors (Lipinski definition) is 4. The average Bonchev–Trinajstić information content (AvgIpc) is 3.23. The Morgan fingerprint density at radius 2 is 1.96 bits per heavy atom. The van der Waals surface area contributed by atoms with Crippen molar-refractivity contribution in [1.29, 1.82) is 0 Å². The van der Waals surface area contributed by atoms with Gasteiger partial charge in [-0.1, -0.05) is 12.1 Å². The number of amides is 1. The molecule has 2 aromatic rings. The van der Waals surface area contributed by atoms with Crippen LogP contribution in [-0.4, -0.2) is 62.0 Å². The van der Waals surface area contributed by atoms with Crippen LogP contribution in [0.25, 0.3) is 0 Å². The smallest absolute Gasteiger partial charge is 0.289 e. The lowest BCUT2D eigenvalue weighted by Gasteiger charge is -2.36. The maximum Gasteiger partial charge on any atom is 0.289 e. The van der Waals surface area contributed by atoms with Crippen molar-refractivity contribution in [2.24, 2.45) is 4.99 Å². The first-order valence-corrected chi connectivity index (χ1v) is 8.62. The number of carbonyl (C=O) groups is 1. The van der Waals surface area contributed by atoms with Crippen molar-refractivity contribution in [2.45, 2.75) is 6.54 Å². The quantitative estimate of drug-likeness (QED) is 0.668. The van der Waals surface area contributed by atoms with E-state index >= 15 is 0 Å². The fourth-order valence-electron chi connectivity index (χ4n) is 2.97. The van der Waals surface area contributed by atoms with E-state index in [1.165, 1.54) is 6.26 Å². The van der Waals surface area contributed by atoms with E-state index in [2.05, 4.69) is 15.2 Å². The molecule has 0 spiro atoms. The van der Waals surface area contributed by atoms with Crippen LogP contribution in [0.4, 0.5) is 0 Å². The first-order chi connectivity index (χ1) is 12.7. The van der Waals surface area contributed by atoms with E-state index in [1.54, 1.807) is 26.3 Å². The van der Waals surface area contributed by atoms with E-state index in [1.807, 2.05) is 29.2 Å². The highest BCUT2D eigenvalue weighted by molar-refractivity contribution is 5.91. The van der Waals surface area contributed by atoms with Crippen LogP contribution in [0.5, 0.6) is 5.75 Å². The maximum atomic E-state index is 12.3. The average molecular weight is 356 g/mol. The van der Waals surface area contributed by atoms with Crippen LogP contribution in [0, 0.1) is 0 Å². The number of rotatable bonds is 4. The van der Waals surface area contributed by atoms with Gasteiger partial charge < -0.3 is 24.3 Å². The van der Waals surface area contributed by atoms with Crippen molar-refractivity contribution in [3.8, 4) is 5.75 Å². The zero-order valence-electron chi connectivity index (χ0n) is 15.1. The third kappa shape index (κ3) is 4.17.